The van der Waals surface area contributed by atoms with Crippen molar-refractivity contribution in [2.24, 2.45) is 0 Å². The predicted molar refractivity (Wildman–Crippen MR) is 91.3 cm³/mol. The minimum absolute atomic E-state index is 0.121. The van der Waals surface area contributed by atoms with Crippen LogP contribution in [0.25, 0.3) is 0 Å². The Hall–Kier alpha value is -1.72. The normalized spacial score (nSPS) is 27.1. The number of aliphatic hydroxyl groups is 2. The van der Waals surface area contributed by atoms with Gasteiger partial charge in [-0.1, -0.05) is 60.7 Å². The third kappa shape index (κ3) is 4.65. The van der Waals surface area contributed by atoms with Gasteiger partial charge in [0.05, 0.1) is 31.5 Å². The van der Waals surface area contributed by atoms with Crippen LogP contribution in [0, 0.1) is 0 Å². The van der Waals surface area contributed by atoms with Gasteiger partial charge in [0.2, 0.25) is 0 Å². The molecule has 1 saturated carbocycles. The Balaban J connectivity index is 1.53. The second kappa shape index (κ2) is 8.40. The SMILES string of the molecule is OC1[C@H](O)C[C@H](OCc2ccccc2)C[C@H]1OCc1ccccc1. The fourth-order valence-electron chi connectivity index (χ4n) is 3.02. The minimum atomic E-state index is -0.870. The van der Waals surface area contributed by atoms with Crippen LogP contribution in [0.15, 0.2) is 60.7 Å². The summed E-state index contributed by atoms with van der Waals surface area (Å²) >= 11 is 0. The first kappa shape index (κ1) is 17.1. The molecule has 2 aromatic carbocycles. The Bertz CT molecular complexity index is 602. The third-order valence-corrected chi connectivity index (χ3v) is 4.41. The number of benzene rings is 2. The maximum atomic E-state index is 10.2. The molecular weight excluding hydrogens is 304 g/mol. The zero-order chi connectivity index (χ0) is 16.8. The van der Waals surface area contributed by atoms with Crippen molar-refractivity contribution >= 4 is 0 Å². The molecule has 0 saturated heterocycles. The first-order valence-corrected chi connectivity index (χ1v) is 8.39. The summed E-state index contributed by atoms with van der Waals surface area (Å²) in [5.74, 6) is 0. The van der Waals surface area contributed by atoms with Gasteiger partial charge in [-0.15, -0.1) is 0 Å². The van der Waals surface area contributed by atoms with Gasteiger partial charge in [0.15, 0.2) is 0 Å². The molecule has 0 radical (unpaired) electrons. The molecule has 1 fully saturated rings. The lowest BCUT2D eigenvalue weighted by Crippen LogP contribution is -2.48. The van der Waals surface area contributed by atoms with Crippen LogP contribution >= 0.6 is 0 Å². The zero-order valence-electron chi connectivity index (χ0n) is 13.6. The molecule has 3 rings (SSSR count). The molecule has 0 aliphatic heterocycles. The summed E-state index contributed by atoms with van der Waals surface area (Å²) in [6, 6.07) is 19.8. The lowest BCUT2D eigenvalue weighted by Gasteiger charge is -2.36. The van der Waals surface area contributed by atoms with Crippen molar-refractivity contribution in [1.29, 1.82) is 0 Å². The van der Waals surface area contributed by atoms with E-state index in [0.29, 0.717) is 26.1 Å². The number of hydrogen-bond acceptors (Lipinski definition) is 4. The second-order valence-corrected chi connectivity index (χ2v) is 6.28. The standard InChI is InChI=1S/C20H24O4/c21-18-11-17(23-13-15-7-3-1-4-8-15)12-19(20(18)22)24-14-16-9-5-2-6-10-16/h1-10,17-22H,11-14H2/t17-,18+,19+,20?/m0/s1. The van der Waals surface area contributed by atoms with Crippen LogP contribution in [0.1, 0.15) is 24.0 Å². The van der Waals surface area contributed by atoms with E-state index in [-0.39, 0.29) is 6.10 Å². The summed E-state index contributed by atoms with van der Waals surface area (Å²) in [6.07, 6.45) is -1.22. The highest BCUT2D eigenvalue weighted by Crippen LogP contribution is 2.26. The first-order chi connectivity index (χ1) is 11.7. The van der Waals surface area contributed by atoms with Gasteiger partial charge in [0.25, 0.3) is 0 Å². The fourth-order valence-corrected chi connectivity index (χ4v) is 3.02. The fraction of sp³-hybridized carbons (Fsp3) is 0.400. The average Bonchev–Trinajstić information content (AvgIpc) is 2.63. The monoisotopic (exact) mass is 328 g/mol. The second-order valence-electron chi connectivity index (χ2n) is 6.28. The van der Waals surface area contributed by atoms with Crippen LogP contribution in [0.3, 0.4) is 0 Å². The summed E-state index contributed by atoms with van der Waals surface area (Å²) in [5, 5.41) is 20.3. The molecule has 1 aliphatic rings. The summed E-state index contributed by atoms with van der Waals surface area (Å²) in [7, 11) is 0. The summed E-state index contributed by atoms with van der Waals surface area (Å²) < 4.78 is 11.8. The molecule has 4 atom stereocenters. The topological polar surface area (TPSA) is 58.9 Å². The molecule has 2 N–H and O–H groups in total. The van der Waals surface area contributed by atoms with Crippen LogP contribution < -0.4 is 0 Å². The van der Waals surface area contributed by atoms with E-state index in [1.54, 1.807) is 0 Å². The van der Waals surface area contributed by atoms with Gasteiger partial charge < -0.3 is 19.7 Å². The molecule has 0 aromatic heterocycles. The van der Waals surface area contributed by atoms with Crippen LogP contribution in [-0.4, -0.2) is 34.6 Å². The van der Waals surface area contributed by atoms with Crippen molar-refractivity contribution in [2.45, 2.75) is 50.5 Å². The zero-order valence-corrected chi connectivity index (χ0v) is 13.6. The number of ether oxygens (including phenoxy) is 2. The molecule has 0 bridgehead atoms. The molecule has 24 heavy (non-hydrogen) atoms. The Morgan fingerprint density at radius 1 is 0.750 bits per heavy atom. The van der Waals surface area contributed by atoms with Crippen LogP contribution in [0.2, 0.25) is 0 Å². The van der Waals surface area contributed by atoms with E-state index in [9.17, 15) is 10.2 Å². The van der Waals surface area contributed by atoms with Crippen molar-refractivity contribution in [3.8, 4) is 0 Å². The van der Waals surface area contributed by atoms with Gasteiger partial charge in [0, 0.05) is 12.8 Å². The van der Waals surface area contributed by atoms with Crippen molar-refractivity contribution in [1.82, 2.24) is 0 Å². The number of aliphatic hydroxyl groups excluding tert-OH is 2. The number of rotatable bonds is 6. The summed E-state index contributed by atoms with van der Waals surface area (Å²) in [6.45, 7) is 0.917. The molecule has 0 amide bonds. The average molecular weight is 328 g/mol. The van der Waals surface area contributed by atoms with Gasteiger partial charge in [-0.05, 0) is 11.1 Å². The van der Waals surface area contributed by atoms with Crippen molar-refractivity contribution in [2.75, 3.05) is 0 Å². The molecule has 0 heterocycles. The first-order valence-electron chi connectivity index (χ1n) is 8.39. The molecule has 2 aromatic rings. The van der Waals surface area contributed by atoms with E-state index in [4.69, 9.17) is 9.47 Å². The van der Waals surface area contributed by atoms with Crippen molar-refractivity contribution < 1.29 is 19.7 Å². The Morgan fingerprint density at radius 2 is 1.29 bits per heavy atom. The summed E-state index contributed by atoms with van der Waals surface area (Å²) in [4.78, 5) is 0. The maximum absolute atomic E-state index is 10.2. The Kier molecular flexibility index (Phi) is 5.99. The lowest BCUT2D eigenvalue weighted by atomic mass is 9.89. The van der Waals surface area contributed by atoms with E-state index in [0.717, 1.165) is 11.1 Å². The Morgan fingerprint density at radius 3 is 1.88 bits per heavy atom. The maximum Gasteiger partial charge on any atom is 0.106 e. The van der Waals surface area contributed by atoms with Gasteiger partial charge in [0.1, 0.15) is 6.10 Å². The van der Waals surface area contributed by atoms with Crippen molar-refractivity contribution in [3.05, 3.63) is 71.8 Å². The van der Waals surface area contributed by atoms with Crippen LogP contribution in [0.5, 0.6) is 0 Å². The van der Waals surface area contributed by atoms with Gasteiger partial charge in [-0.3, -0.25) is 0 Å². The molecule has 0 spiro atoms. The number of hydrogen-bond donors (Lipinski definition) is 2. The van der Waals surface area contributed by atoms with E-state index in [2.05, 4.69) is 0 Å². The highest BCUT2D eigenvalue weighted by atomic mass is 16.5. The van der Waals surface area contributed by atoms with Crippen LogP contribution in [0.4, 0.5) is 0 Å². The largest absolute Gasteiger partial charge is 0.390 e. The van der Waals surface area contributed by atoms with E-state index in [1.807, 2.05) is 60.7 Å². The smallest absolute Gasteiger partial charge is 0.106 e. The van der Waals surface area contributed by atoms with E-state index >= 15 is 0 Å². The molecular formula is C20H24O4. The highest BCUT2D eigenvalue weighted by Gasteiger charge is 2.37. The van der Waals surface area contributed by atoms with Gasteiger partial charge >= 0.3 is 0 Å². The van der Waals surface area contributed by atoms with Gasteiger partial charge in [-0.25, -0.2) is 0 Å². The molecule has 4 heteroatoms. The van der Waals surface area contributed by atoms with Crippen LogP contribution in [-0.2, 0) is 22.7 Å². The van der Waals surface area contributed by atoms with Crippen molar-refractivity contribution in [3.63, 3.8) is 0 Å². The Labute approximate surface area is 142 Å². The molecule has 128 valence electrons. The lowest BCUT2D eigenvalue weighted by molar-refractivity contribution is -0.156. The third-order valence-electron chi connectivity index (χ3n) is 4.41. The minimum Gasteiger partial charge on any atom is -0.390 e. The van der Waals surface area contributed by atoms with E-state index < -0.39 is 18.3 Å². The molecule has 1 unspecified atom stereocenters. The highest BCUT2D eigenvalue weighted by molar-refractivity contribution is 5.14. The molecule has 4 nitrogen and oxygen atoms in total. The summed E-state index contributed by atoms with van der Waals surface area (Å²) in [5.41, 5.74) is 2.14. The van der Waals surface area contributed by atoms with E-state index in [1.165, 1.54) is 0 Å². The predicted octanol–water partition coefficient (Wildman–Crippen LogP) is 2.67. The quantitative estimate of drug-likeness (QED) is 0.856. The molecule has 1 aliphatic carbocycles. The van der Waals surface area contributed by atoms with Gasteiger partial charge in [-0.2, -0.15) is 0 Å².